The van der Waals surface area contributed by atoms with Gasteiger partial charge in [-0.15, -0.1) is 0 Å². The lowest BCUT2D eigenvalue weighted by atomic mass is 9.94. The number of rotatable bonds is 6. The van der Waals surface area contributed by atoms with Crippen LogP contribution >= 0.6 is 0 Å². The van der Waals surface area contributed by atoms with Crippen molar-refractivity contribution in [1.82, 2.24) is 5.32 Å². The van der Waals surface area contributed by atoms with Gasteiger partial charge < -0.3 is 10.1 Å². The monoisotopic (exact) mass is 293 g/mol. The van der Waals surface area contributed by atoms with Crippen LogP contribution < -0.4 is 5.32 Å². The highest BCUT2D eigenvalue weighted by Crippen LogP contribution is 2.29. The molecule has 2 atom stereocenters. The Morgan fingerprint density at radius 2 is 2.05 bits per heavy atom. The lowest BCUT2D eigenvalue weighted by Gasteiger charge is -2.21. The highest BCUT2D eigenvalue weighted by Gasteiger charge is 2.28. The van der Waals surface area contributed by atoms with E-state index in [0.717, 1.165) is 31.2 Å². The zero-order valence-electron chi connectivity index (χ0n) is 12.8. The molecule has 1 saturated carbocycles. The van der Waals surface area contributed by atoms with Crippen LogP contribution in [0, 0.1) is 11.7 Å². The van der Waals surface area contributed by atoms with Gasteiger partial charge in [0.2, 0.25) is 5.91 Å². The molecule has 1 N–H and O–H groups in total. The molecular weight excluding hydrogens is 269 g/mol. The number of carbonyl (C=O) groups excluding carboxylic acids is 1. The van der Waals surface area contributed by atoms with E-state index in [1.165, 1.54) is 12.1 Å². The smallest absolute Gasteiger partial charge is 0.246 e. The lowest BCUT2D eigenvalue weighted by Crippen LogP contribution is -2.40. The number of benzene rings is 1. The molecule has 0 bridgehead atoms. The first-order chi connectivity index (χ1) is 10.0. The molecule has 0 heterocycles. The van der Waals surface area contributed by atoms with Crippen molar-refractivity contribution in [1.29, 1.82) is 0 Å². The highest BCUT2D eigenvalue weighted by atomic mass is 19.1. The maximum Gasteiger partial charge on any atom is 0.246 e. The first-order valence-electron chi connectivity index (χ1n) is 7.70. The molecule has 0 saturated heterocycles. The summed E-state index contributed by atoms with van der Waals surface area (Å²) < 4.78 is 18.3. The van der Waals surface area contributed by atoms with Crippen molar-refractivity contribution in [2.45, 2.75) is 51.7 Å². The van der Waals surface area contributed by atoms with E-state index in [9.17, 15) is 9.18 Å². The van der Waals surface area contributed by atoms with Gasteiger partial charge in [0.15, 0.2) is 0 Å². The Morgan fingerprint density at radius 1 is 1.33 bits per heavy atom. The van der Waals surface area contributed by atoms with E-state index in [-0.39, 0.29) is 30.5 Å². The molecule has 1 aromatic rings. The maximum atomic E-state index is 12.9. The molecule has 1 aromatic carbocycles. The minimum atomic E-state index is -0.208. The summed E-state index contributed by atoms with van der Waals surface area (Å²) in [6.45, 7) is 3.96. The summed E-state index contributed by atoms with van der Waals surface area (Å²) in [4.78, 5) is 11.9. The van der Waals surface area contributed by atoms with Gasteiger partial charge in [-0.1, -0.05) is 18.6 Å². The first-order valence-corrected chi connectivity index (χ1v) is 7.70. The predicted octanol–water partition coefficient (Wildman–Crippen LogP) is 3.08. The number of hydrogen-bond acceptors (Lipinski definition) is 2. The lowest BCUT2D eigenvalue weighted by molar-refractivity contribution is -0.128. The summed E-state index contributed by atoms with van der Waals surface area (Å²) in [6, 6.07) is 6.85. The van der Waals surface area contributed by atoms with Gasteiger partial charge >= 0.3 is 0 Å². The Morgan fingerprint density at radius 3 is 2.71 bits per heavy atom. The van der Waals surface area contributed by atoms with Crippen molar-refractivity contribution in [3.05, 3.63) is 35.6 Å². The molecule has 2 rings (SSSR count). The minimum absolute atomic E-state index is 0.0419. The van der Waals surface area contributed by atoms with Gasteiger partial charge in [0.25, 0.3) is 0 Å². The highest BCUT2D eigenvalue weighted by molar-refractivity contribution is 5.77. The van der Waals surface area contributed by atoms with Crippen LogP contribution in [0.25, 0.3) is 0 Å². The van der Waals surface area contributed by atoms with E-state index < -0.39 is 0 Å². The van der Waals surface area contributed by atoms with Crippen LogP contribution in [0.4, 0.5) is 4.39 Å². The third kappa shape index (κ3) is 5.12. The second-order valence-corrected chi connectivity index (χ2v) is 6.06. The van der Waals surface area contributed by atoms with E-state index >= 15 is 0 Å². The van der Waals surface area contributed by atoms with Gasteiger partial charge in [0, 0.05) is 6.04 Å². The third-order valence-corrected chi connectivity index (χ3v) is 3.96. The van der Waals surface area contributed by atoms with Crippen molar-refractivity contribution in [3.8, 4) is 0 Å². The summed E-state index contributed by atoms with van der Waals surface area (Å²) in [7, 11) is 0. The minimum Gasteiger partial charge on any atom is -0.369 e. The summed E-state index contributed by atoms with van der Waals surface area (Å²) in [5, 5.41) is 3.08. The predicted molar refractivity (Wildman–Crippen MR) is 80.5 cm³/mol. The van der Waals surface area contributed by atoms with Gasteiger partial charge in [0.05, 0.1) is 6.10 Å². The van der Waals surface area contributed by atoms with E-state index in [1.807, 2.05) is 26.0 Å². The van der Waals surface area contributed by atoms with E-state index in [4.69, 9.17) is 4.74 Å². The van der Waals surface area contributed by atoms with Gasteiger partial charge in [-0.25, -0.2) is 4.39 Å². The summed E-state index contributed by atoms with van der Waals surface area (Å²) >= 11 is 0. The molecule has 116 valence electrons. The molecule has 0 unspecified atom stereocenters. The topological polar surface area (TPSA) is 38.3 Å². The molecule has 0 aromatic heterocycles. The molecule has 0 spiro atoms. The number of nitrogens with one attached hydrogen (secondary N) is 1. The number of ether oxygens (including phenoxy) is 1. The zero-order chi connectivity index (χ0) is 15.2. The van der Waals surface area contributed by atoms with Gasteiger partial charge in [-0.2, -0.15) is 0 Å². The number of amides is 1. The Balaban J connectivity index is 1.85. The van der Waals surface area contributed by atoms with Crippen LogP contribution in [0.3, 0.4) is 0 Å². The number of halogens is 1. The van der Waals surface area contributed by atoms with Gasteiger partial charge in [0.1, 0.15) is 12.4 Å². The second kappa shape index (κ2) is 7.55. The van der Waals surface area contributed by atoms with Gasteiger partial charge in [-0.05, 0) is 56.7 Å². The fourth-order valence-electron chi connectivity index (χ4n) is 2.89. The van der Waals surface area contributed by atoms with Crippen molar-refractivity contribution in [2.75, 3.05) is 6.61 Å². The Hall–Kier alpha value is -1.42. The molecule has 0 aliphatic heterocycles. The molecule has 1 amide bonds. The van der Waals surface area contributed by atoms with Gasteiger partial charge in [-0.3, -0.25) is 4.79 Å². The van der Waals surface area contributed by atoms with Crippen LogP contribution in [0.2, 0.25) is 0 Å². The molecule has 1 aliphatic rings. The van der Waals surface area contributed by atoms with E-state index in [0.29, 0.717) is 5.92 Å². The molecule has 0 radical (unpaired) electrons. The van der Waals surface area contributed by atoms with E-state index in [2.05, 4.69) is 5.32 Å². The SMILES string of the molecule is CC(C)OCC(=O)N[C@H]1CCC[C@H]1Cc1ccc(F)cc1. The van der Waals surface area contributed by atoms with Crippen molar-refractivity contribution in [2.24, 2.45) is 5.92 Å². The Bertz CT molecular complexity index is 458. The van der Waals surface area contributed by atoms with Crippen LogP contribution in [0.15, 0.2) is 24.3 Å². The molecule has 3 nitrogen and oxygen atoms in total. The number of hydrogen-bond donors (Lipinski definition) is 1. The van der Waals surface area contributed by atoms with Crippen LogP contribution in [-0.2, 0) is 16.0 Å². The third-order valence-electron chi connectivity index (χ3n) is 3.96. The Kier molecular flexibility index (Phi) is 5.74. The normalized spacial score (nSPS) is 21.7. The first kappa shape index (κ1) is 16.0. The molecule has 1 fully saturated rings. The summed E-state index contributed by atoms with van der Waals surface area (Å²) in [5.74, 6) is 0.180. The average Bonchev–Trinajstić information content (AvgIpc) is 2.86. The standard InChI is InChI=1S/C17H24FNO2/c1-12(2)21-11-17(20)19-16-5-3-4-14(16)10-13-6-8-15(18)9-7-13/h6-9,12,14,16H,3-5,10-11H2,1-2H3,(H,19,20)/t14-,16-/m0/s1. The fraction of sp³-hybridized carbons (Fsp3) is 0.588. The van der Waals surface area contributed by atoms with Crippen LogP contribution in [-0.4, -0.2) is 24.7 Å². The average molecular weight is 293 g/mol. The zero-order valence-corrected chi connectivity index (χ0v) is 12.8. The van der Waals surface area contributed by atoms with Crippen molar-refractivity contribution >= 4 is 5.91 Å². The molecule has 4 heteroatoms. The quantitative estimate of drug-likeness (QED) is 0.875. The van der Waals surface area contributed by atoms with Crippen molar-refractivity contribution < 1.29 is 13.9 Å². The van der Waals surface area contributed by atoms with Crippen molar-refractivity contribution in [3.63, 3.8) is 0 Å². The second-order valence-electron chi connectivity index (χ2n) is 6.06. The van der Waals surface area contributed by atoms with E-state index in [1.54, 1.807) is 0 Å². The van der Waals surface area contributed by atoms with Crippen LogP contribution in [0.5, 0.6) is 0 Å². The van der Waals surface area contributed by atoms with Crippen LogP contribution in [0.1, 0.15) is 38.7 Å². The molecule has 21 heavy (non-hydrogen) atoms. The number of carbonyl (C=O) groups is 1. The summed E-state index contributed by atoms with van der Waals surface area (Å²) in [5.41, 5.74) is 1.13. The Labute approximate surface area is 125 Å². The molecular formula is C17H24FNO2. The molecule has 1 aliphatic carbocycles. The largest absolute Gasteiger partial charge is 0.369 e. The fourth-order valence-corrected chi connectivity index (χ4v) is 2.89. The summed E-state index contributed by atoms with van der Waals surface area (Å²) in [6.07, 6.45) is 4.19. The maximum absolute atomic E-state index is 12.9.